The highest BCUT2D eigenvalue weighted by Crippen LogP contribution is 2.38. The number of aromatic nitrogens is 2. The highest BCUT2D eigenvalue weighted by Gasteiger charge is 2.36. The lowest BCUT2D eigenvalue weighted by atomic mass is 10.2. The van der Waals surface area contributed by atoms with Gasteiger partial charge in [0.15, 0.2) is 0 Å². The van der Waals surface area contributed by atoms with Gasteiger partial charge in [-0.15, -0.1) is 0 Å². The van der Waals surface area contributed by atoms with Crippen molar-refractivity contribution in [2.24, 2.45) is 0 Å². The van der Waals surface area contributed by atoms with Crippen LogP contribution in [0.3, 0.4) is 0 Å². The predicted molar refractivity (Wildman–Crippen MR) is 59.2 cm³/mol. The van der Waals surface area contributed by atoms with Gasteiger partial charge in [0, 0.05) is 0 Å². The zero-order valence-corrected chi connectivity index (χ0v) is 10.2. The second-order valence-corrected chi connectivity index (χ2v) is 3.86. The number of halogens is 5. The van der Waals surface area contributed by atoms with Crippen LogP contribution in [0.1, 0.15) is 5.56 Å². The van der Waals surface area contributed by atoms with Crippen LogP contribution in [0.25, 0.3) is 0 Å². The van der Waals surface area contributed by atoms with E-state index in [1.807, 2.05) is 0 Å². The third-order valence-corrected chi connectivity index (χ3v) is 2.88. The van der Waals surface area contributed by atoms with Crippen molar-refractivity contribution in [3.63, 3.8) is 0 Å². The van der Waals surface area contributed by atoms with Crippen molar-refractivity contribution in [2.75, 3.05) is 10.2 Å². The average Bonchev–Trinajstić information content (AvgIpc) is 2.01. The van der Waals surface area contributed by atoms with E-state index >= 15 is 0 Å². The number of rotatable bonds is 2. The van der Waals surface area contributed by atoms with Crippen LogP contribution in [0.2, 0.25) is 10.3 Å². The normalized spacial score (nSPS) is 11.8. The van der Waals surface area contributed by atoms with E-state index in [0.29, 0.717) is 0 Å². The number of nitrogens with zero attached hydrogens (tertiary/aromatic N) is 2. The predicted octanol–water partition coefficient (Wildman–Crippen LogP) is 2.89. The topological polar surface area (TPSA) is 51.8 Å². The van der Waals surface area contributed by atoms with E-state index in [-0.39, 0.29) is 5.95 Å². The molecule has 0 aliphatic carbocycles. The maximum absolute atomic E-state index is 13.2. The number of alkyl halides is 3. The van der Waals surface area contributed by atoms with Crippen molar-refractivity contribution >= 4 is 51.7 Å². The van der Waals surface area contributed by atoms with Gasteiger partial charge in [-0.2, -0.15) is 0 Å². The molecule has 0 saturated heterocycles. The van der Waals surface area contributed by atoms with Crippen molar-refractivity contribution in [2.45, 2.75) is 5.92 Å². The summed E-state index contributed by atoms with van der Waals surface area (Å²) in [5.41, 5.74) is 4.60. The lowest BCUT2D eigenvalue weighted by Gasteiger charge is -2.15. The Hall–Kier alpha value is 0.0500. The first-order valence-corrected chi connectivity index (χ1v) is 5.59. The molecule has 2 N–H and O–H groups in total. The molecule has 0 aromatic carbocycles. The summed E-state index contributed by atoms with van der Waals surface area (Å²) < 4.78 is 26.0. The van der Waals surface area contributed by atoms with Gasteiger partial charge in [-0.3, -0.25) is 0 Å². The monoisotopic (exact) mass is 353 g/mol. The van der Waals surface area contributed by atoms with Crippen molar-refractivity contribution in [1.82, 2.24) is 9.97 Å². The summed E-state index contributed by atoms with van der Waals surface area (Å²) in [6.07, 6.45) is 0. The third-order valence-electron chi connectivity index (χ3n) is 1.37. The van der Waals surface area contributed by atoms with Gasteiger partial charge in [0.05, 0.1) is 9.99 Å². The van der Waals surface area contributed by atoms with Crippen molar-refractivity contribution in [3.05, 3.63) is 15.9 Å². The second kappa shape index (κ2) is 4.28. The lowest BCUT2D eigenvalue weighted by Crippen LogP contribution is -2.18. The van der Waals surface area contributed by atoms with E-state index in [4.69, 9.17) is 28.9 Å². The van der Waals surface area contributed by atoms with Crippen LogP contribution in [-0.4, -0.2) is 14.4 Å². The molecule has 0 saturated carbocycles. The van der Waals surface area contributed by atoms with Crippen molar-refractivity contribution < 1.29 is 8.78 Å². The van der Waals surface area contributed by atoms with E-state index < -0.39 is 26.2 Å². The Balaban J connectivity index is 3.35. The Morgan fingerprint density at radius 3 is 2.07 bits per heavy atom. The Labute approximate surface area is 102 Å². The summed E-state index contributed by atoms with van der Waals surface area (Å²) in [6.45, 7) is 0. The Kier molecular flexibility index (Phi) is 3.70. The van der Waals surface area contributed by atoms with Gasteiger partial charge >= 0.3 is 0 Å². The van der Waals surface area contributed by atoms with Crippen LogP contribution < -0.4 is 5.73 Å². The Bertz CT molecular complexity index is 338. The van der Waals surface area contributed by atoms with Crippen molar-refractivity contribution in [3.8, 4) is 0 Å². The van der Waals surface area contributed by atoms with Crippen LogP contribution in [-0.2, 0) is 5.92 Å². The molecule has 0 bridgehead atoms. The lowest BCUT2D eigenvalue weighted by molar-refractivity contribution is 0.0261. The fourth-order valence-electron chi connectivity index (χ4n) is 0.792. The molecule has 1 aromatic heterocycles. The summed E-state index contributed by atoms with van der Waals surface area (Å²) >= 11 is 12.5. The van der Waals surface area contributed by atoms with E-state index in [1.54, 1.807) is 0 Å². The largest absolute Gasteiger partial charge is 0.368 e. The second-order valence-electron chi connectivity index (χ2n) is 2.38. The van der Waals surface area contributed by atoms with Crippen LogP contribution in [0.4, 0.5) is 14.7 Å². The van der Waals surface area contributed by atoms with E-state index in [1.165, 1.54) is 22.6 Å². The van der Waals surface area contributed by atoms with Crippen LogP contribution in [0, 0.1) is 0 Å². The summed E-state index contributed by atoms with van der Waals surface area (Å²) in [5.74, 6) is -3.38. The van der Waals surface area contributed by atoms with Gasteiger partial charge in [0.25, 0.3) is 5.92 Å². The number of nitrogens with two attached hydrogens (primary N) is 1. The summed E-state index contributed by atoms with van der Waals surface area (Å²) in [6, 6.07) is 0. The summed E-state index contributed by atoms with van der Waals surface area (Å²) in [4.78, 5) is 6.83. The third kappa shape index (κ3) is 2.34. The maximum Gasteiger partial charge on any atom is 0.287 e. The van der Waals surface area contributed by atoms with Crippen LogP contribution >= 0.6 is 45.8 Å². The first kappa shape index (κ1) is 12.1. The molecule has 14 heavy (non-hydrogen) atoms. The quantitative estimate of drug-likeness (QED) is 0.505. The molecule has 0 radical (unpaired) electrons. The fraction of sp³-hybridized carbons (Fsp3) is 0.333. The molecule has 1 heterocycles. The molecule has 0 atom stereocenters. The molecule has 0 unspecified atom stereocenters. The van der Waals surface area contributed by atoms with Gasteiger partial charge in [0.2, 0.25) is 5.95 Å². The molecule has 0 spiro atoms. The molecular formula is C6H4Cl2F2IN3. The number of nitrogen functional groups attached to an aromatic ring is 1. The minimum absolute atomic E-state index is 0.229. The highest BCUT2D eigenvalue weighted by atomic mass is 127. The molecule has 1 rings (SSSR count). The zero-order valence-electron chi connectivity index (χ0n) is 6.57. The fourth-order valence-corrected chi connectivity index (χ4v) is 1.85. The molecule has 0 amide bonds. The molecule has 1 aromatic rings. The zero-order chi connectivity index (χ0) is 10.9. The Morgan fingerprint density at radius 1 is 1.29 bits per heavy atom. The van der Waals surface area contributed by atoms with Gasteiger partial charge < -0.3 is 5.73 Å². The Morgan fingerprint density at radius 2 is 1.71 bits per heavy atom. The minimum Gasteiger partial charge on any atom is -0.368 e. The number of hydrogen-bond acceptors (Lipinski definition) is 3. The molecule has 3 nitrogen and oxygen atoms in total. The van der Waals surface area contributed by atoms with Gasteiger partial charge in [-0.05, 0) is 0 Å². The summed E-state index contributed by atoms with van der Waals surface area (Å²) in [7, 11) is 0. The molecule has 0 aliphatic heterocycles. The molecule has 8 heteroatoms. The first-order valence-electron chi connectivity index (χ1n) is 3.31. The minimum atomic E-state index is -3.15. The van der Waals surface area contributed by atoms with E-state index in [0.717, 1.165) is 0 Å². The summed E-state index contributed by atoms with van der Waals surface area (Å²) in [5, 5.41) is -0.826. The smallest absolute Gasteiger partial charge is 0.287 e. The van der Waals surface area contributed by atoms with E-state index in [9.17, 15) is 8.78 Å². The standard InChI is InChI=1S/C6H4Cl2F2IN3/c7-3-2(6(9,10)1-11)4(8)14-5(12)13-3/h1H2,(H2,12,13,14). The van der Waals surface area contributed by atoms with Crippen LogP contribution in [0.15, 0.2) is 0 Å². The highest BCUT2D eigenvalue weighted by molar-refractivity contribution is 14.1. The SMILES string of the molecule is Nc1nc(Cl)c(C(F)(F)CI)c(Cl)n1. The molecule has 0 fully saturated rings. The molecule has 0 aliphatic rings. The first-order chi connectivity index (χ1) is 6.38. The van der Waals surface area contributed by atoms with Gasteiger partial charge in [-0.1, -0.05) is 45.8 Å². The van der Waals surface area contributed by atoms with Crippen LogP contribution in [0.5, 0.6) is 0 Å². The number of anilines is 1. The van der Waals surface area contributed by atoms with Gasteiger partial charge in [0.1, 0.15) is 10.3 Å². The van der Waals surface area contributed by atoms with E-state index in [2.05, 4.69) is 9.97 Å². The maximum atomic E-state index is 13.2. The number of hydrogen-bond donors (Lipinski definition) is 1. The molecule has 78 valence electrons. The van der Waals surface area contributed by atoms with Gasteiger partial charge in [-0.25, -0.2) is 18.7 Å². The molecular weight excluding hydrogens is 350 g/mol. The van der Waals surface area contributed by atoms with Crippen molar-refractivity contribution in [1.29, 1.82) is 0 Å². The average molecular weight is 354 g/mol.